The first-order chi connectivity index (χ1) is 8.66. The van der Waals surface area contributed by atoms with E-state index in [1.54, 1.807) is 19.3 Å². The third-order valence-corrected chi connectivity index (χ3v) is 3.85. The van der Waals surface area contributed by atoms with Crippen molar-refractivity contribution in [3.05, 3.63) is 22.7 Å². The smallest absolute Gasteiger partial charge is 0.219 e. The minimum Gasteiger partial charge on any atom is -0.340 e. The number of rotatable bonds is 3. The maximum atomic E-state index is 11.6. The minimum atomic E-state index is 0.196. The number of nitrogens with zero attached hydrogens (tertiary/aromatic N) is 3. The number of piperidine rings is 1. The van der Waals surface area contributed by atoms with Gasteiger partial charge in [0, 0.05) is 25.7 Å². The Hall–Kier alpha value is -0.970. The molecule has 1 amide bonds. The van der Waals surface area contributed by atoms with Crippen LogP contribution >= 0.6 is 15.9 Å². The highest BCUT2D eigenvalue weighted by atomic mass is 79.9. The highest BCUT2D eigenvalue weighted by Crippen LogP contribution is 2.21. The molecule has 0 N–H and O–H groups in total. The first-order valence-corrected chi connectivity index (χ1v) is 7.20. The van der Waals surface area contributed by atoms with Crippen LogP contribution in [-0.2, 0) is 11.2 Å². The molecule has 4 nitrogen and oxygen atoms in total. The summed E-state index contributed by atoms with van der Waals surface area (Å²) in [4.78, 5) is 22.1. The third-order valence-electron chi connectivity index (χ3n) is 3.44. The summed E-state index contributed by atoms with van der Waals surface area (Å²) in [5.74, 6) is 0.196. The predicted octanol–water partition coefficient (Wildman–Crippen LogP) is 2.57. The highest BCUT2D eigenvalue weighted by molar-refractivity contribution is 9.10. The molecule has 0 aliphatic carbocycles. The Morgan fingerprint density at radius 1 is 1.44 bits per heavy atom. The van der Waals surface area contributed by atoms with Gasteiger partial charge >= 0.3 is 0 Å². The summed E-state index contributed by atoms with van der Waals surface area (Å²) in [5, 5.41) is 0. The first kappa shape index (κ1) is 13.5. The largest absolute Gasteiger partial charge is 0.340 e. The Labute approximate surface area is 116 Å². The molecule has 0 spiro atoms. The van der Waals surface area contributed by atoms with E-state index in [0.29, 0.717) is 6.04 Å². The van der Waals surface area contributed by atoms with Crippen LogP contribution in [0.25, 0.3) is 0 Å². The van der Waals surface area contributed by atoms with Gasteiger partial charge in [-0.2, -0.15) is 0 Å². The summed E-state index contributed by atoms with van der Waals surface area (Å²) in [6.45, 7) is 2.57. The summed E-state index contributed by atoms with van der Waals surface area (Å²) in [6, 6.07) is 0.377. The number of aryl methyl sites for hydroxylation is 1. The van der Waals surface area contributed by atoms with Crippen LogP contribution in [0.3, 0.4) is 0 Å². The molecule has 2 rings (SSSR count). The monoisotopic (exact) mass is 311 g/mol. The Morgan fingerprint density at radius 2 is 2.28 bits per heavy atom. The van der Waals surface area contributed by atoms with E-state index in [-0.39, 0.29) is 5.91 Å². The van der Waals surface area contributed by atoms with Crippen molar-refractivity contribution in [1.82, 2.24) is 14.9 Å². The molecule has 5 heteroatoms. The van der Waals surface area contributed by atoms with Gasteiger partial charge in [0.2, 0.25) is 5.91 Å². The van der Waals surface area contributed by atoms with Crippen molar-refractivity contribution in [3.63, 3.8) is 0 Å². The number of hydrogen-bond acceptors (Lipinski definition) is 3. The van der Waals surface area contributed by atoms with Crippen LogP contribution in [0, 0.1) is 0 Å². The normalized spacial score (nSPS) is 19.9. The van der Waals surface area contributed by atoms with Crippen LogP contribution in [0.15, 0.2) is 17.0 Å². The molecule has 1 aromatic heterocycles. The van der Waals surface area contributed by atoms with E-state index in [0.717, 1.165) is 42.5 Å². The average molecular weight is 312 g/mol. The molecular formula is C13H18BrN3O. The van der Waals surface area contributed by atoms with Crippen LogP contribution < -0.4 is 0 Å². The predicted molar refractivity (Wildman–Crippen MR) is 73.1 cm³/mol. The van der Waals surface area contributed by atoms with Gasteiger partial charge in [0.1, 0.15) is 4.60 Å². The summed E-state index contributed by atoms with van der Waals surface area (Å²) in [5.41, 5.74) is 0.993. The molecule has 0 radical (unpaired) electrons. The van der Waals surface area contributed by atoms with E-state index in [2.05, 4.69) is 25.9 Å². The van der Waals surface area contributed by atoms with Gasteiger partial charge in [0.05, 0.1) is 11.9 Å². The zero-order chi connectivity index (χ0) is 13.0. The molecule has 1 fully saturated rings. The molecule has 1 aromatic rings. The number of halogens is 1. The summed E-state index contributed by atoms with van der Waals surface area (Å²) in [7, 11) is 0. The van der Waals surface area contributed by atoms with Crippen molar-refractivity contribution in [2.24, 2.45) is 0 Å². The highest BCUT2D eigenvalue weighted by Gasteiger charge is 2.23. The van der Waals surface area contributed by atoms with Gasteiger partial charge in [-0.25, -0.2) is 4.98 Å². The van der Waals surface area contributed by atoms with Gasteiger partial charge in [0.15, 0.2) is 0 Å². The zero-order valence-corrected chi connectivity index (χ0v) is 12.2. The number of carbonyl (C=O) groups is 1. The van der Waals surface area contributed by atoms with Crippen LogP contribution in [0.4, 0.5) is 0 Å². The van der Waals surface area contributed by atoms with Crippen molar-refractivity contribution in [3.8, 4) is 0 Å². The number of amides is 1. The van der Waals surface area contributed by atoms with Gasteiger partial charge in [0.25, 0.3) is 0 Å². The fourth-order valence-electron chi connectivity index (χ4n) is 2.50. The lowest BCUT2D eigenvalue weighted by atomic mass is 9.97. The van der Waals surface area contributed by atoms with Crippen LogP contribution in [0.2, 0.25) is 0 Å². The van der Waals surface area contributed by atoms with E-state index in [4.69, 9.17) is 0 Å². The molecule has 18 heavy (non-hydrogen) atoms. The lowest BCUT2D eigenvalue weighted by Gasteiger charge is -2.35. The Balaban J connectivity index is 1.91. The van der Waals surface area contributed by atoms with Crippen LogP contribution in [0.5, 0.6) is 0 Å². The summed E-state index contributed by atoms with van der Waals surface area (Å²) >= 11 is 3.28. The molecule has 1 aliphatic heterocycles. The Kier molecular flexibility index (Phi) is 4.69. The van der Waals surface area contributed by atoms with Crippen molar-refractivity contribution in [1.29, 1.82) is 0 Å². The maximum Gasteiger partial charge on any atom is 0.219 e. The number of likely N-dealkylation sites (tertiary alicyclic amines) is 1. The van der Waals surface area contributed by atoms with Gasteiger partial charge in [-0.05, 0) is 48.0 Å². The van der Waals surface area contributed by atoms with Gasteiger partial charge in [-0.3, -0.25) is 9.78 Å². The SMILES string of the molecule is CC(=O)N1CCCC[C@@H]1CCc1cnc(Br)cn1. The standard InChI is InChI=1S/C13H18BrN3O/c1-10(18)17-7-3-2-4-12(17)6-5-11-8-16-13(14)9-15-11/h8-9,12H,2-7H2,1H3/t12-/m1/s1. The third kappa shape index (κ3) is 3.51. The molecule has 0 saturated carbocycles. The first-order valence-electron chi connectivity index (χ1n) is 6.40. The maximum absolute atomic E-state index is 11.6. The van der Waals surface area contributed by atoms with Gasteiger partial charge < -0.3 is 4.90 Å². The molecule has 0 unspecified atom stereocenters. The topological polar surface area (TPSA) is 46.1 Å². The fourth-order valence-corrected chi connectivity index (χ4v) is 2.70. The number of aromatic nitrogens is 2. The van der Waals surface area contributed by atoms with Crippen molar-refractivity contribution < 1.29 is 4.79 Å². The minimum absolute atomic E-state index is 0.196. The molecule has 98 valence electrons. The van der Waals surface area contributed by atoms with Crippen LogP contribution in [-0.4, -0.2) is 33.4 Å². The van der Waals surface area contributed by atoms with Gasteiger partial charge in [-0.15, -0.1) is 0 Å². The molecule has 1 atom stereocenters. The van der Waals surface area contributed by atoms with E-state index in [1.165, 1.54) is 6.42 Å². The molecule has 0 aromatic carbocycles. The van der Waals surface area contributed by atoms with E-state index >= 15 is 0 Å². The number of hydrogen-bond donors (Lipinski definition) is 0. The van der Waals surface area contributed by atoms with Crippen molar-refractivity contribution in [2.45, 2.75) is 45.1 Å². The molecule has 0 bridgehead atoms. The average Bonchev–Trinajstić information content (AvgIpc) is 2.38. The second-order valence-electron chi connectivity index (χ2n) is 4.73. The lowest BCUT2D eigenvalue weighted by molar-refractivity contribution is -0.132. The van der Waals surface area contributed by atoms with Crippen LogP contribution in [0.1, 0.15) is 38.3 Å². The number of carbonyl (C=O) groups excluding carboxylic acids is 1. The second kappa shape index (κ2) is 6.27. The van der Waals surface area contributed by atoms with Gasteiger partial charge in [-0.1, -0.05) is 0 Å². The quantitative estimate of drug-likeness (QED) is 0.862. The van der Waals surface area contributed by atoms with Crippen molar-refractivity contribution >= 4 is 21.8 Å². The molecule has 2 heterocycles. The van der Waals surface area contributed by atoms with E-state index in [1.807, 2.05) is 4.90 Å². The second-order valence-corrected chi connectivity index (χ2v) is 5.54. The zero-order valence-electron chi connectivity index (χ0n) is 10.6. The Morgan fingerprint density at radius 3 is 2.94 bits per heavy atom. The molecule has 1 saturated heterocycles. The van der Waals surface area contributed by atoms with E-state index < -0.39 is 0 Å². The summed E-state index contributed by atoms with van der Waals surface area (Å²) in [6.07, 6.45) is 8.85. The fraction of sp³-hybridized carbons (Fsp3) is 0.615. The molecular weight excluding hydrogens is 294 g/mol. The van der Waals surface area contributed by atoms with E-state index in [9.17, 15) is 4.79 Å². The van der Waals surface area contributed by atoms with Crippen molar-refractivity contribution in [2.75, 3.05) is 6.54 Å². The summed E-state index contributed by atoms with van der Waals surface area (Å²) < 4.78 is 0.759. The Bertz CT molecular complexity index is 407. The lowest BCUT2D eigenvalue weighted by Crippen LogP contribution is -2.42. The molecule has 1 aliphatic rings.